The van der Waals surface area contributed by atoms with Gasteiger partial charge in [0.15, 0.2) is 0 Å². The molecule has 3 rings (SSSR count). The van der Waals surface area contributed by atoms with Crippen LogP contribution in [0.1, 0.15) is 30.0 Å². The maximum atomic E-state index is 3.86. The molecule has 0 heterocycles. The zero-order valence-electron chi connectivity index (χ0n) is 12.2. The maximum absolute atomic E-state index is 3.86. The van der Waals surface area contributed by atoms with E-state index in [0.717, 1.165) is 6.42 Å². The van der Waals surface area contributed by atoms with Crippen LogP contribution in [0.25, 0.3) is 0 Å². The van der Waals surface area contributed by atoms with E-state index in [-0.39, 0.29) is 0 Å². The first-order valence-corrected chi connectivity index (χ1v) is 7.72. The van der Waals surface area contributed by atoms with Crippen molar-refractivity contribution in [1.82, 2.24) is 5.32 Å². The molecule has 2 aromatic carbocycles. The highest BCUT2D eigenvalue weighted by Gasteiger charge is 2.22. The average molecular weight is 265 g/mol. The van der Waals surface area contributed by atoms with Crippen molar-refractivity contribution in [1.29, 1.82) is 0 Å². The Balaban J connectivity index is 1.60. The van der Waals surface area contributed by atoms with Gasteiger partial charge in [0.25, 0.3) is 0 Å². The van der Waals surface area contributed by atoms with E-state index in [1.807, 2.05) is 0 Å². The molecule has 2 aromatic rings. The number of benzene rings is 2. The van der Waals surface area contributed by atoms with E-state index in [2.05, 4.69) is 66.8 Å². The lowest BCUT2D eigenvalue weighted by atomic mass is 10.0. The second-order valence-corrected chi connectivity index (χ2v) is 5.84. The number of fused-ring (bicyclic) bond motifs is 1. The van der Waals surface area contributed by atoms with Crippen LogP contribution in [0, 0.1) is 0 Å². The summed E-state index contributed by atoms with van der Waals surface area (Å²) in [6, 6.07) is 20.9. The van der Waals surface area contributed by atoms with Crippen molar-refractivity contribution >= 4 is 0 Å². The Hall–Kier alpha value is -1.60. The molecule has 104 valence electrons. The fourth-order valence-electron chi connectivity index (χ4n) is 3.23. The largest absolute Gasteiger partial charge is 0.310 e. The molecule has 0 amide bonds. The van der Waals surface area contributed by atoms with Crippen molar-refractivity contribution in [2.75, 3.05) is 0 Å². The van der Waals surface area contributed by atoms with Gasteiger partial charge in [0.05, 0.1) is 0 Å². The maximum Gasteiger partial charge on any atom is 0.0151 e. The summed E-state index contributed by atoms with van der Waals surface area (Å²) in [6.45, 7) is 2.28. The summed E-state index contributed by atoms with van der Waals surface area (Å²) in [5.41, 5.74) is 4.49. The molecule has 20 heavy (non-hydrogen) atoms. The molecular formula is C19H23N. The van der Waals surface area contributed by atoms with Crippen LogP contribution in [0.3, 0.4) is 0 Å². The smallest absolute Gasteiger partial charge is 0.0151 e. The van der Waals surface area contributed by atoms with Gasteiger partial charge in [0.1, 0.15) is 0 Å². The lowest BCUT2D eigenvalue weighted by molar-refractivity contribution is 0.422. The third-order valence-corrected chi connectivity index (χ3v) is 4.34. The Morgan fingerprint density at radius 2 is 1.55 bits per heavy atom. The van der Waals surface area contributed by atoms with E-state index in [1.165, 1.54) is 36.0 Å². The van der Waals surface area contributed by atoms with Gasteiger partial charge in [-0.1, -0.05) is 61.5 Å². The molecular weight excluding hydrogens is 242 g/mol. The van der Waals surface area contributed by atoms with Crippen LogP contribution in [0.15, 0.2) is 54.6 Å². The van der Waals surface area contributed by atoms with E-state index >= 15 is 0 Å². The molecule has 1 aliphatic carbocycles. The first-order chi connectivity index (χ1) is 9.85. The third kappa shape index (κ3) is 3.10. The van der Waals surface area contributed by atoms with Crippen molar-refractivity contribution in [3.63, 3.8) is 0 Å². The Kier molecular flexibility index (Phi) is 4.17. The minimum Gasteiger partial charge on any atom is -0.310 e. The number of hydrogen-bond donors (Lipinski definition) is 1. The summed E-state index contributed by atoms with van der Waals surface area (Å²) >= 11 is 0. The van der Waals surface area contributed by atoms with Gasteiger partial charge in [-0.05, 0) is 42.4 Å². The first kappa shape index (κ1) is 13.4. The highest BCUT2D eigenvalue weighted by molar-refractivity contribution is 5.33. The summed E-state index contributed by atoms with van der Waals surface area (Å²) in [7, 11) is 0. The van der Waals surface area contributed by atoms with Crippen molar-refractivity contribution in [2.45, 2.75) is 44.7 Å². The Bertz CT molecular complexity index is 522. The predicted molar refractivity (Wildman–Crippen MR) is 85.0 cm³/mol. The van der Waals surface area contributed by atoms with Gasteiger partial charge in [0.2, 0.25) is 0 Å². The van der Waals surface area contributed by atoms with E-state index in [1.54, 1.807) is 0 Å². The summed E-state index contributed by atoms with van der Waals surface area (Å²) in [4.78, 5) is 0. The fourth-order valence-corrected chi connectivity index (χ4v) is 3.23. The minimum atomic E-state index is 0.580. The van der Waals surface area contributed by atoms with Crippen LogP contribution >= 0.6 is 0 Å². The van der Waals surface area contributed by atoms with Crippen LogP contribution in [0.5, 0.6) is 0 Å². The van der Waals surface area contributed by atoms with Crippen LogP contribution in [0.4, 0.5) is 0 Å². The molecule has 1 N–H and O–H groups in total. The van der Waals surface area contributed by atoms with Crippen molar-refractivity contribution in [3.8, 4) is 0 Å². The van der Waals surface area contributed by atoms with E-state index in [4.69, 9.17) is 0 Å². The molecule has 0 saturated carbocycles. The second kappa shape index (κ2) is 6.23. The van der Waals surface area contributed by atoms with Gasteiger partial charge >= 0.3 is 0 Å². The lowest BCUT2D eigenvalue weighted by Crippen LogP contribution is -2.39. The van der Waals surface area contributed by atoms with E-state index < -0.39 is 0 Å². The number of hydrogen-bond acceptors (Lipinski definition) is 1. The van der Waals surface area contributed by atoms with Crippen molar-refractivity contribution in [3.05, 3.63) is 71.3 Å². The average Bonchev–Trinajstić information content (AvgIpc) is 2.90. The van der Waals surface area contributed by atoms with Crippen molar-refractivity contribution < 1.29 is 0 Å². The molecule has 0 bridgehead atoms. The molecule has 1 nitrogen and oxygen atoms in total. The molecule has 0 aliphatic heterocycles. The first-order valence-electron chi connectivity index (χ1n) is 7.72. The topological polar surface area (TPSA) is 12.0 Å². The van der Waals surface area contributed by atoms with Crippen LogP contribution < -0.4 is 5.32 Å². The van der Waals surface area contributed by atoms with Gasteiger partial charge in [0, 0.05) is 12.1 Å². The number of rotatable bonds is 5. The standard InChI is InChI=1S/C19H23N/c1-2-18(12-15-8-4-3-5-9-15)20-19-13-16-10-6-7-11-17(16)14-19/h3-11,18-20H,2,12-14H2,1H3. The number of nitrogens with one attached hydrogen (secondary N) is 1. The molecule has 0 spiro atoms. The normalized spacial score (nSPS) is 16.1. The van der Waals surface area contributed by atoms with Crippen LogP contribution in [-0.2, 0) is 19.3 Å². The van der Waals surface area contributed by atoms with Gasteiger partial charge < -0.3 is 5.32 Å². The lowest BCUT2D eigenvalue weighted by Gasteiger charge is -2.22. The Morgan fingerprint density at radius 1 is 0.950 bits per heavy atom. The Labute approximate surface area is 122 Å². The molecule has 0 fully saturated rings. The Morgan fingerprint density at radius 3 is 2.15 bits per heavy atom. The third-order valence-electron chi connectivity index (χ3n) is 4.34. The summed E-state index contributed by atoms with van der Waals surface area (Å²) < 4.78 is 0. The van der Waals surface area contributed by atoms with Gasteiger partial charge in [-0.25, -0.2) is 0 Å². The summed E-state index contributed by atoms with van der Waals surface area (Å²) in [5, 5.41) is 3.86. The van der Waals surface area contributed by atoms with Crippen molar-refractivity contribution in [2.24, 2.45) is 0 Å². The monoisotopic (exact) mass is 265 g/mol. The highest BCUT2D eigenvalue weighted by Crippen LogP contribution is 2.22. The quantitative estimate of drug-likeness (QED) is 0.868. The zero-order chi connectivity index (χ0) is 13.8. The van der Waals surface area contributed by atoms with E-state index in [0.29, 0.717) is 12.1 Å². The second-order valence-electron chi connectivity index (χ2n) is 5.84. The van der Waals surface area contributed by atoms with Gasteiger partial charge in [-0.2, -0.15) is 0 Å². The SMILES string of the molecule is CCC(Cc1ccccc1)NC1Cc2ccccc2C1. The molecule has 1 heteroatoms. The van der Waals surface area contributed by atoms with Gasteiger partial charge in [-0.15, -0.1) is 0 Å². The predicted octanol–water partition coefficient (Wildman–Crippen LogP) is 3.76. The molecule has 0 aromatic heterocycles. The van der Waals surface area contributed by atoms with E-state index in [9.17, 15) is 0 Å². The van der Waals surface area contributed by atoms with Crippen LogP contribution in [-0.4, -0.2) is 12.1 Å². The minimum absolute atomic E-state index is 0.580. The molecule has 1 atom stereocenters. The summed E-state index contributed by atoms with van der Waals surface area (Å²) in [5.74, 6) is 0. The zero-order valence-corrected chi connectivity index (χ0v) is 12.2. The molecule has 1 unspecified atom stereocenters. The molecule has 0 saturated heterocycles. The molecule has 0 radical (unpaired) electrons. The van der Waals surface area contributed by atoms with Crippen LogP contribution in [0.2, 0.25) is 0 Å². The molecule has 1 aliphatic rings. The summed E-state index contributed by atoms with van der Waals surface area (Å²) in [6.07, 6.45) is 4.68. The van der Waals surface area contributed by atoms with Gasteiger partial charge in [-0.3, -0.25) is 0 Å². The fraction of sp³-hybridized carbons (Fsp3) is 0.368. The highest BCUT2D eigenvalue weighted by atomic mass is 15.0.